The maximum Gasteiger partial charge on any atom is 0.0721 e. The molecule has 2 aromatic carbocycles. The molecule has 1 heteroatoms. The van der Waals surface area contributed by atoms with E-state index in [0.29, 0.717) is 0 Å². The topological polar surface area (TPSA) is 12.9 Å². The fourth-order valence-electron chi connectivity index (χ4n) is 3.09. The molecular weight excluding hydrogens is 266 g/mol. The van der Waals surface area contributed by atoms with Crippen LogP contribution in [0, 0.1) is 0 Å². The fraction of sp³-hybridized carbons (Fsp3) is 0.190. The molecule has 0 bridgehead atoms. The summed E-state index contributed by atoms with van der Waals surface area (Å²) in [5.41, 5.74) is 7.36. The fourth-order valence-corrected chi connectivity index (χ4v) is 3.09. The van der Waals surface area contributed by atoms with Crippen LogP contribution in [0.25, 0.3) is 34.3 Å². The summed E-state index contributed by atoms with van der Waals surface area (Å²) in [6.45, 7) is 6.73. The van der Waals surface area contributed by atoms with Gasteiger partial charge in [-0.3, -0.25) is 0 Å². The molecule has 0 fully saturated rings. The van der Waals surface area contributed by atoms with Gasteiger partial charge in [0.2, 0.25) is 0 Å². The number of aromatic nitrogens is 1. The molecular formula is C21H19N. The first-order chi connectivity index (χ1) is 10.5. The Morgan fingerprint density at radius 3 is 2.41 bits per heavy atom. The van der Waals surface area contributed by atoms with Gasteiger partial charge in [0.25, 0.3) is 0 Å². The van der Waals surface area contributed by atoms with Gasteiger partial charge >= 0.3 is 0 Å². The second kappa shape index (κ2) is 4.54. The predicted molar refractivity (Wildman–Crippen MR) is 94.8 cm³/mol. The molecule has 1 aromatic heterocycles. The lowest BCUT2D eigenvalue weighted by Crippen LogP contribution is -2.10. The third-order valence-electron chi connectivity index (χ3n) is 4.36. The molecule has 0 atom stereocenters. The van der Waals surface area contributed by atoms with Crippen molar-refractivity contribution in [2.75, 3.05) is 0 Å². The molecule has 4 rings (SSSR count). The van der Waals surface area contributed by atoms with Crippen LogP contribution in [0.3, 0.4) is 0 Å². The zero-order chi connectivity index (χ0) is 15.3. The Morgan fingerprint density at radius 2 is 1.59 bits per heavy atom. The molecule has 0 saturated carbocycles. The van der Waals surface area contributed by atoms with Gasteiger partial charge in [0.05, 0.1) is 11.2 Å². The minimum absolute atomic E-state index is 0.150. The van der Waals surface area contributed by atoms with E-state index in [0.717, 1.165) is 11.2 Å². The van der Waals surface area contributed by atoms with E-state index >= 15 is 0 Å². The van der Waals surface area contributed by atoms with E-state index in [1.54, 1.807) is 0 Å². The smallest absolute Gasteiger partial charge is 0.0721 e. The van der Waals surface area contributed by atoms with Crippen LogP contribution in [-0.4, -0.2) is 4.98 Å². The molecule has 1 heterocycles. The van der Waals surface area contributed by atoms with Crippen LogP contribution in [0.4, 0.5) is 0 Å². The lowest BCUT2D eigenvalue weighted by molar-refractivity contribution is 0.590. The lowest BCUT2D eigenvalue weighted by atomic mass is 9.86. The highest BCUT2D eigenvalue weighted by Gasteiger charge is 2.16. The summed E-state index contributed by atoms with van der Waals surface area (Å²) in [7, 11) is 0. The number of rotatable bonds is 1. The van der Waals surface area contributed by atoms with Crippen LogP contribution in [0.2, 0.25) is 0 Å². The average molecular weight is 285 g/mol. The number of nitrogens with zero attached hydrogens (tertiary/aromatic N) is 1. The molecule has 1 nitrogen and oxygen atoms in total. The van der Waals surface area contributed by atoms with Gasteiger partial charge in [0.1, 0.15) is 0 Å². The second-order valence-electron chi connectivity index (χ2n) is 7.00. The first kappa shape index (κ1) is 13.3. The highest BCUT2D eigenvalue weighted by molar-refractivity contribution is 6.04. The minimum atomic E-state index is 0.150. The number of hydrogen-bond acceptors (Lipinski definition) is 1. The quantitative estimate of drug-likeness (QED) is 0.438. The summed E-state index contributed by atoms with van der Waals surface area (Å²) in [5.74, 6) is 0. The molecule has 0 unspecified atom stereocenters. The van der Waals surface area contributed by atoms with Crippen LogP contribution in [0.5, 0.6) is 0 Å². The van der Waals surface area contributed by atoms with E-state index in [4.69, 9.17) is 4.98 Å². The predicted octanol–water partition coefficient (Wildman–Crippen LogP) is 5.68. The molecule has 0 saturated heterocycles. The maximum absolute atomic E-state index is 4.89. The maximum atomic E-state index is 4.89. The van der Waals surface area contributed by atoms with Crippen LogP contribution in [-0.2, 0) is 5.41 Å². The van der Waals surface area contributed by atoms with Gasteiger partial charge in [-0.25, -0.2) is 4.98 Å². The van der Waals surface area contributed by atoms with Crippen LogP contribution in [0.1, 0.15) is 37.5 Å². The normalized spacial score (nSPS) is 13.0. The van der Waals surface area contributed by atoms with Crippen molar-refractivity contribution in [2.45, 2.75) is 26.2 Å². The van der Waals surface area contributed by atoms with Crippen molar-refractivity contribution in [3.8, 4) is 11.3 Å². The first-order valence-electron chi connectivity index (χ1n) is 7.75. The van der Waals surface area contributed by atoms with E-state index in [1.165, 1.54) is 27.6 Å². The Morgan fingerprint density at radius 1 is 0.818 bits per heavy atom. The Balaban J connectivity index is 1.92. The lowest BCUT2D eigenvalue weighted by Gasteiger charge is -2.19. The number of pyridine rings is 1. The summed E-state index contributed by atoms with van der Waals surface area (Å²) in [6.07, 6.45) is 4.37. The highest BCUT2D eigenvalue weighted by atomic mass is 14.7. The summed E-state index contributed by atoms with van der Waals surface area (Å²) in [4.78, 5) is 4.89. The van der Waals surface area contributed by atoms with Crippen LogP contribution >= 0.6 is 0 Å². The van der Waals surface area contributed by atoms with E-state index in [-0.39, 0.29) is 5.41 Å². The molecule has 22 heavy (non-hydrogen) atoms. The second-order valence-corrected chi connectivity index (χ2v) is 7.00. The van der Waals surface area contributed by atoms with Gasteiger partial charge in [-0.15, -0.1) is 0 Å². The first-order valence-corrected chi connectivity index (χ1v) is 7.75. The molecule has 0 spiro atoms. The van der Waals surface area contributed by atoms with Crippen molar-refractivity contribution in [3.05, 3.63) is 65.2 Å². The Hall–Kier alpha value is -2.41. The Kier molecular flexibility index (Phi) is 2.74. The third-order valence-corrected chi connectivity index (χ3v) is 4.36. The van der Waals surface area contributed by atoms with Gasteiger partial charge in [-0.2, -0.15) is 0 Å². The SMILES string of the molecule is CC(C)(C)c1cccc(-c2cc3c4c(cccc4n2)C=C3)c1. The average Bonchev–Trinajstić information content (AvgIpc) is 2.92. The molecule has 0 aliphatic heterocycles. The van der Waals surface area contributed by atoms with Crippen molar-refractivity contribution < 1.29 is 0 Å². The zero-order valence-corrected chi connectivity index (χ0v) is 13.2. The molecule has 1 aliphatic carbocycles. The van der Waals surface area contributed by atoms with Crippen molar-refractivity contribution >= 4 is 23.1 Å². The molecule has 1 aliphatic rings. The largest absolute Gasteiger partial charge is 0.248 e. The van der Waals surface area contributed by atoms with E-state index < -0.39 is 0 Å². The van der Waals surface area contributed by atoms with Gasteiger partial charge in [-0.1, -0.05) is 63.3 Å². The number of benzene rings is 2. The summed E-state index contributed by atoms with van der Waals surface area (Å²) >= 11 is 0. The van der Waals surface area contributed by atoms with Crippen molar-refractivity contribution in [1.82, 2.24) is 4.98 Å². The third kappa shape index (κ3) is 2.05. The van der Waals surface area contributed by atoms with Crippen LogP contribution in [0.15, 0.2) is 48.5 Å². The molecule has 108 valence electrons. The standard InChI is InChI=1S/C21H19N/c1-21(2,3)17-8-4-7-15(12-17)19-13-16-11-10-14-6-5-9-18(22-19)20(14)16/h4-13H,1-3H3. The van der Waals surface area contributed by atoms with Gasteiger partial charge in [0.15, 0.2) is 0 Å². The highest BCUT2D eigenvalue weighted by Crippen LogP contribution is 2.34. The number of hydrogen-bond donors (Lipinski definition) is 0. The van der Waals surface area contributed by atoms with E-state index in [9.17, 15) is 0 Å². The van der Waals surface area contributed by atoms with Gasteiger partial charge < -0.3 is 0 Å². The zero-order valence-electron chi connectivity index (χ0n) is 13.2. The van der Waals surface area contributed by atoms with Crippen molar-refractivity contribution in [3.63, 3.8) is 0 Å². The molecule has 0 amide bonds. The summed E-state index contributed by atoms with van der Waals surface area (Å²) in [6, 6.07) is 17.3. The molecule has 3 aromatic rings. The Bertz CT molecular complexity index is 911. The Labute approximate surface area is 131 Å². The van der Waals surface area contributed by atoms with Gasteiger partial charge in [-0.05, 0) is 40.3 Å². The van der Waals surface area contributed by atoms with Gasteiger partial charge in [0, 0.05) is 10.9 Å². The van der Waals surface area contributed by atoms with Crippen molar-refractivity contribution in [2.24, 2.45) is 0 Å². The van der Waals surface area contributed by atoms with Crippen LogP contribution < -0.4 is 0 Å². The molecule has 0 radical (unpaired) electrons. The van der Waals surface area contributed by atoms with E-state index in [1.807, 2.05) is 0 Å². The summed E-state index contributed by atoms with van der Waals surface area (Å²) < 4.78 is 0. The van der Waals surface area contributed by atoms with E-state index in [2.05, 4.69) is 81.5 Å². The summed E-state index contributed by atoms with van der Waals surface area (Å²) in [5, 5.41) is 1.28. The molecule has 0 N–H and O–H groups in total. The van der Waals surface area contributed by atoms with Crippen molar-refractivity contribution in [1.29, 1.82) is 0 Å². The monoisotopic (exact) mass is 285 g/mol. The minimum Gasteiger partial charge on any atom is -0.248 e.